The van der Waals surface area contributed by atoms with E-state index in [4.69, 9.17) is 34.0 Å². The van der Waals surface area contributed by atoms with Gasteiger partial charge in [-0.3, -0.25) is 14.6 Å². The van der Waals surface area contributed by atoms with Crippen LogP contribution in [0.5, 0.6) is 0 Å². The van der Waals surface area contributed by atoms with E-state index in [1.807, 2.05) is 0 Å². The molecule has 0 aromatic rings. The minimum absolute atomic E-state index is 0. The first kappa shape index (κ1) is 25.3. The van der Waals surface area contributed by atoms with Crippen LogP contribution in [0.3, 0.4) is 0 Å². The van der Waals surface area contributed by atoms with Gasteiger partial charge in [0.2, 0.25) is 0 Å². The topological polar surface area (TPSA) is 195 Å². The number of nitrogens with two attached hydrogens (primary N) is 4. The van der Waals surface area contributed by atoms with E-state index in [1.54, 1.807) is 0 Å². The smallest absolute Gasteiger partial charge is 0.305 e. The predicted octanol–water partition coefficient (Wildman–Crippen LogP) is -1.43. The van der Waals surface area contributed by atoms with Crippen molar-refractivity contribution in [2.45, 2.75) is 20.3 Å². The highest BCUT2D eigenvalue weighted by atomic mass is 16.4. The van der Waals surface area contributed by atoms with E-state index in [-0.39, 0.29) is 39.3 Å². The molecule has 0 atom stereocenters. The van der Waals surface area contributed by atoms with Crippen LogP contribution in [0, 0.1) is 6.57 Å². The van der Waals surface area contributed by atoms with E-state index in [0.717, 1.165) is 0 Å². The number of hydrogen-bond acceptors (Lipinski definition) is 5. The second-order valence-electron chi connectivity index (χ2n) is 2.51. The number of aliphatic imine (C=N–C) groups is 1. The average Bonchev–Trinajstić information content (AvgIpc) is 2.17. The Hall–Kier alpha value is -2.54. The Kier molecular flexibility index (Phi) is 27.8. The molecule has 0 aliphatic carbocycles. The molecule has 112 valence electrons. The molecule has 0 aromatic heterocycles. The number of guanidine groups is 1. The van der Waals surface area contributed by atoms with Crippen LogP contribution >= 0.6 is 0 Å². The lowest BCUT2D eigenvalue weighted by atomic mass is 10.4. The Morgan fingerprint density at radius 1 is 1.16 bits per heavy atom. The summed E-state index contributed by atoms with van der Waals surface area (Å²) in [4.78, 5) is 25.1. The van der Waals surface area contributed by atoms with Crippen molar-refractivity contribution in [3.63, 3.8) is 0 Å². The zero-order chi connectivity index (χ0) is 15.0. The summed E-state index contributed by atoms with van der Waals surface area (Å²) in [5.41, 5.74) is 14.7. The maximum atomic E-state index is 9.83. The fourth-order valence-corrected chi connectivity index (χ4v) is 0.404. The molecule has 0 amide bonds. The van der Waals surface area contributed by atoms with Gasteiger partial charge in [0.1, 0.15) is 0 Å². The summed E-state index contributed by atoms with van der Waals surface area (Å²) < 4.78 is 0. The summed E-state index contributed by atoms with van der Waals surface area (Å²) in [6.07, 6.45) is 0.0396. The molecule has 0 aliphatic rings. The van der Waals surface area contributed by atoms with Crippen LogP contribution < -0.4 is 23.0 Å². The minimum Gasteiger partial charge on any atom is -0.481 e. The summed E-state index contributed by atoms with van der Waals surface area (Å²) in [6, 6.07) is 0. The molecule has 0 radical (unpaired) electrons. The van der Waals surface area contributed by atoms with Crippen molar-refractivity contribution in [3.05, 3.63) is 11.5 Å². The van der Waals surface area contributed by atoms with Crippen molar-refractivity contribution in [1.82, 2.24) is 0 Å². The van der Waals surface area contributed by atoms with Crippen LogP contribution in [0.15, 0.2) is 4.99 Å². The molecule has 0 aliphatic heterocycles. The third-order valence-electron chi connectivity index (χ3n) is 0.978. The monoisotopic (exact) mass is 278 g/mol. The highest BCUT2D eigenvalue weighted by Crippen LogP contribution is 1.78. The van der Waals surface area contributed by atoms with Crippen molar-refractivity contribution < 1.29 is 19.8 Å². The van der Waals surface area contributed by atoms with Gasteiger partial charge in [0.25, 0.3) is 0 Å². The van der Waals surface area contributed by atoms with E-state index < -0.39 is 11.9 Å². The van der Waals surface area contributed by atoms with Crippen molar-refractivity contribution in [3.8, 4) is 0 Å². The van der Waals surface area contributed by atoms with Crippen LogP contribution in [-0.4, -0.2) is 41.2 Å². The van der Waals surface area contributed by atoms with Crippen LogP contribution in [0.1, 0.15) is 20.3 Å². The van der Waals surface area contributed by atoms with E-state index in [0.29, 0.717) is 0 Å². The third kappa shape index (κ3) is 67.1. The highest BCUT2D eigenvalue weighted by molar-refractivity contribution is 5.76. The molecule has 10 nitrogen and oxygen atoms in total. The molecule has 10 heteroatoms. The lowest BCUT2D eigenvalue weighted by Gasteiger charge is -1.89. The molecule has 10 N–H and O–H groups in total. The molecule has 0 saturated heterocycles. The lowest BCUT2D eigenvalue weighted by molar-refractivity contribution is -0.137. The van der Waals surface area contributed by atoms with Crippen molar-refractivity contribution >= 4 is 17.9 Å². The van der Waals surface area contributed by atoms with Crippen LogP contribution in [-0.2, 0) is 9.59 Å². The SMILES string of the molecule is C.NC(N)=NCCC(=O)O.NCCC(=O)O.[C-]#[N+]N. The van der Waals surface area contributed by atoms with Gasteiger partial charge in [-0.05, 0) is 0 Å². The maximum absolute atomic E-state index is 9.83. The summed E-state index contributed by atoms with van der Waals surface area (Å²) in [5, 5.41) is 15.9. The normalized spacial score (nSPS) is 6.95. The lowest BCUT2D eigenvalue weighted by Crippen LogP contribution is -2.23. The van der Waals surface area contributed by atoms with Gasteiger partial charge in [-0.15, -0.1) is 5.84 Å². The molecule has 0 heterocycles. The minimum atomic E-state index is -0.903. The number of carbonyl (C=O) groups is 2. The number of rotatable bonds is 5. The first-order valence-electron chi connectivity index (χ1n) is 4.57. The largest absolute Gasteiger partial charge is 0.481 e. The molecule has 0 fully saturated rings. The maximum Gasteiger partial charge on any atom is 0.305 e. The van der Waals surface area contributed by atoms with Crippen molar-refractivity contribution in [2.75, 3.05) is 13.1 Å². The molecule has 19 heavy (non-hydrogen) atoms. The Morgan fingerprint density at radius 2 is 1.53 bits per heavy atom. The summed E-state index contributed by atoms with van der Waals surface area (Å²) in [7, 11) is 0. The molecule has 0 spiro atoms. The van der Waals surface area contributed by atoms with Gasteiger partial charge in [0, 0.05) is 6.54 Å². The molecule has 0 unspecified atom stereocenters. The van der Waals surface area contributed by atoms with Gasteiger partial charge in [-0.2, -0.15) is 11.5 Å². The standard InChI is InChI=1S/C4H9N3O2.C3H7NO2.CH2N2.CH4/c5-4(6)7-2-1-3(8)9;4-2-1-3(5)6;1-3-2;/h1-2H2,(H,8,9)(H4,5,6,7);1-2,4H2,(H,5,6);2H2;1H4. The third-order valence-corrected chi connectivity index (χ3v) is 0.978. The number of carboxylic acid groups (broad SMARTS) is 2. The quantitative estimate of drug-likeness (QED) is 0.116. The summed E-state index contributed by atoms with van der Waals surface area (Å²) in [6.45, 7) is 5.99. The first-order valence-corrected chi connectivity index (χ1v) is 4.57. The van der Waals surface area contributed by atoms with E-state index in [1.165, 1.54) is 0 Å². The van der Waals surface area contributed by atoms with Crippen LogP contribution in [0.4, 0.5) is 0 Å². The average molecular weight is 278 g/mol. The molecular weight excluding hydrogens is 256 g/mol. The van der Waals surface area contributed by atoms with Crippen molar-refractivity contribution in [2.24, 2.45) is 28.0 Å². The number of hydrogen-bond donors (Lipinski definition) is 6. The molecular formula is C9H22N6O4. The number of nitrogens with zero attached hydrogens (tertiary/aromatic N) is 2. The Labute approximate surface area is 111 Å². The van der Waals surface area contributed by atoms with Gasteiger partial charge < -0.3 is 27.4 Å². The molecule has 0 bridgehead atoms. The zero-order valence-corrected chi connectivity index (χ0v) is 9.74. The van der Waals surface area contributed by atoms with Gasteiger partial charge in [0.15, 0.2) is 5.96 Å². The van der Waals surface area contributed by atoms with Gasteiger partial charge in [-0.25, -0.2) is 0 Å². The number of carboxylic acids is 2. The predicted molar refractivity (Wildman–Crippen MR) is 71.8 cm³/mol. The van der Waals surface area contributed by atoms with Gasteiger partial charge in [0.05, 0.1) is 19.4 Å². The second kappa shape index (κ2) is 20.8. The fourth-order valence-electron chi connectivity index (χ4n) is 0.404. The van der Waals surface area contributed by atoms with Crippen LogP contribution in [0.2, 0.25) is 0 Å². The van der Waals surface area contributed by atoms with Crippen molar-refractivity contribution in [1.29, 1.82) is 0 Å². The molecule has 0 rings (SSSR count). The van der Waals surface area contributed by atoms with Crippen LogP contribution in [0.25, 0.3) is 4.95 Å². The number of aliphatic carboxylic acids is 2. The fraction of sp³-hybridized carbons (Fsp3) is 0.556. The van der Waals surface area contributed by atoms with Gasteiger partial charge in [-0.1, -0.05) is 7.43 Å². The Bertz CT molecular complexity index is 296. The second-order valence-corrected chi connectivity index (χ2v) is 2.51. The van der Waals surface area contributed by atoms with E-state index >= 15 is 0 Å². The summed E-state index contributed by atoms with van der Waals surface area (Å²) >= 11 is 0. The summed E-state index contributed by atoms with van der Waals surface area (Å²) in [5.74, 6) is 2.33. The molecule has 0 aromatic carbocycles. The Balaban J connectivity index is -0.0000000982. The van der Waals surface area contributed by atoms with E-state index in [2.05, 4.69) is 15.8 Å². The van der Waals surface area contributed by atoms with Gasteiger partial charge >= 0.3 is 11.9 Å². The van der Waals surface area contributed by atoms with E-state index in [9.17, 15) is 9.59 Å². The molecule has 0 saturated carbocycles. The highest BCUT2D eigenvalue weighted by Gasteiger charge is 1.92. The zero-order valence-electron chi connectivity index (χ0n) is 9.74. The first-order chi connectivity index (χ1) is 8.31. The Morgan fingerprint density at radius 3 is 1.68 bits per heavy atom.